The van der Waals surface area contributed by atoms with E-state index in [1.54, 1.807) is 14.0 Å². The van der Waals surface area contributed by atoms with E-state index < -0.39 is 6.10 Å². The van der Waals surface area contributed by atoms with E-state index in [0.29, 0.717) is 12.6 Å². The van der Waals surface area contributed by atoms with Crippen LogP contribution >= 0.6 is 15.9 Å². The molecule has 0 heterocycles. The molecule has 2 N–H and O–H groups in total. The summed E-state index contributed by atoms with van der Waals surface area (Å²) in [5.74, 6) is 0.595. The van der Waals surface area contributed by atoms with Gasteiger partial charge in [-0.15, -0.1) is 0 Å². The average Bonchev–Trinajstić information content (AvgIpc) is 2.37. The summed E-state index contributed by atoms with van der Waals surface area (Å²) in [5.41, 5.74) is 1.03. The molecule has 0 radical (unpaired) electrons. The lowest BCUT2D eigenvalue weighted by Crippen LogP contribution is -2.34. The molecule has 1 aromatic rings. The molecule has 0 aliphatic rings. The van der Waals surface area contributed by atoms with Crippen molar-refractivity contribution in [3.8, 4) is 5.75 Å². The number of ether oxygens (including phenoxy) is 1. The quantitative estimate of drug-likeness (QED) is 0.843. The van der Waals surface area contributed by atoms with Gasteiger partial charge in [0.25, 0.3) is 5.91 Å². The first-order valence-corrected chi connectivity index (χ1v) is 7.13. The fourth-order valence-electron chi connectivity index (χ4n) is 1.56. The van der Waals surface area contributed by atoms with Crippen LogP contribution in [0.3, 0.4) is 0 Å². The Balaban J connectivity index is 2.84. The van der Waals surface area contributed by atoms with Crippen molar-refractivity contribution in [1.29, 1.82) is 0 Å². The van der Waals surface area contributed by atoms with Crippen LogP contribution in [-0.2, 0) is 11.3 Å². The standard InChI is InChI=1S/C14H21BrN2O2/c1-9(2)17-8-11-7-12(15)5-6-13(11)19-10(3)14(18)16-4/h5-7,9-10,17H,8H2,1-4H3,(H,16,18). The van der Waals surface area contributed by atoms with Crippen LogP contribution in [0.2, 0.25) is 0 Å². The van der Waals surface area contributed by atoms with Crippen LogP contribution in [0.4, 0.5) is 0 Å². The largest absolute Gasteiger partial charge is 0.481 e. The molecule has 19 heavy (non-hydrogen) atoms. The number of amides is 1. The summed E-state index contributed by atoms with van der Waals surface area (Å²) in [7, 11) is 1.60. The third-order valence-corrected chi connectivity index (χ3v) is 3.14. The first-order valence-electron chi connectivity index (χ1n) is 6.34. The van der Waals surface area contributed by atoms with Crippen molar-refractivity contribution in [2.75, 3.05) is 7.05 Å². The number of carbonyl (C=O) groups is 1. The molecule has 4 nitrogen and oxygen atoms in total. The van der Waals surface area contributed by atoms with E-state index >= 15 is 0 Å². The summed E-state index contributed by atoms with van der Waals surface area (Å²) in [5, 5.41) is 5.92. The topological polar surface area (TPSA) is 50.4 Å². The highest BCUT2D eigenvalue weighted by atomic mass is 79.9. The number of nitrogens with one attached hydrogen (secondary N) is 2. The number of halogens is 1. The smallest absolute Gasteiger partial charge is 0.260 e. The maximum atomic E-state index is 11.5. The van der Waals surface area contributed by atoms with Crippen LogP contribution in [0.25, 0.3) is 0 Å². The lowest BCUT2D eigenvalue weighted by atomic mass is 10.2. The molecule has 0 aliphatic carbocycles. The lowest BCUT2D eigenvalue weighted by molar-refractivity contribution is -0.126. The number of rotatable bonds is 6. The van der Waals surface area contributed by atoms with Crippen molar-refractivity contribution < 1.29 is 9.53 Å². The second kappa shape index (κ2) is 7.50. The van der Waals surface area contributed by atoms with Crippen molar-refractivity contribution in [2.24, 2.45) is 0 Å². The van der Waals surface area contributed by atoms with Gasteiger partial charge in [0.15, 0.2) is 6.10 Å². The van der Waals surface area contributed by atoms with E-state index in [-0.39, 0.29) is 5.91 Å². The minimum absolute atomic E-state index is 0.134. The highest BCUT2D eigenvalue weighted by Gasteiger charge is 2.15. The van der Waals surface area contributed by atoms with Gasteiger partial charge in [0.05, 0.1) is 0 Å². The predicted molar refractivity (Wildman–Crippen MR) is 80.3 cm³/mol. The SMILES string of the molecule is CNC(=O)C(C)Oc1ccc(Br)cc1CNC(C)C. The molecule has 0 aromatic heterocycles. The van der Waals surface area contributed by atoms with Crippen LogP contribution in [0.1, 0.15) is 26.3 Å². The van der Waals surface area contributed by atoms with Crippen molar-refractivity contribution >= 4 is 21.8 Å². The molecule has 1 amide bonds. The number of hydrogen-bond acceptors (Lipinski definition) is 3. The molecule has 1 aromatic carbocycles. The van der Waals surface area contributed by atoms with Gasteiger partial charge in [-0.1, -0.05) is 29.8 Å². The molecular weight excluding hydrogens is 308 g/mol. The Kier molecular flexibility index (Phi) is 6.31. The first kappa shape index (κ1) is 16.0. The Morgan fingerprint density at radius 1 is 1.37 bits per heavy atom. The van der Waals surface area contributed by atoms with Gasteiger partial charge in [-0.05, 0) is 25.1 Å². The third kappa shape index (κ3) is 5.20. The maximum Gasteiger partial charge on any atom is 0.260 e. The molecule has 1 rings (SSSR count). The van der Waals surface area contributed by atoms with Gasteiger partial charge in [-0.25, -0.2) is 0 Å². The van der Waals surface area contributed by atoms with Gasteiger partial charge in [0.1, 0.15) is 5.75 Å². The van der Waals surface area contributed by atoms with Gasteiger partial charge in [-0.2, -0.15) is 0 Å². The average molecular weight is 329 g/mol. The molecular formula is C14H21BrN2O2. The van der Waals surface area contributed by atoms with Crippen LogP contribution < -0.4 is 15.4 Å². The van der Waals surface area contributed by atoms with E-state index in [1.807, 2.05) is 18.2 Å². The van der Waals surface area contributed by atoms with E-state index in [1.165, 1.54) is 0 Å². The Morgan fingerprint density at radius 3 is 2.63 bits per heavy atom. The highest BCUT2D eigenvalue weighted by Crippen LogP contribution is 2.24. The van der Waals surface area contributed by atoms with Crippen LogP contribution in [-0.4, -0.2) is 25.1 Å². The summed E-state index contributed by atoms with van der Waals surface area (Å²) in [6.07, 6.45) is -0.510. The maximum absolute atomic E-state index is 11.5. The second-order valence-corrected chi connectivity index (χ2v) is 5.58. The summed E-state index contributed by atoms with van der Waals surface area (Å²) in [6, 6.07) is 6.18. The second-order valence-electron chi connectivity index (χ2n) is 4.66. The predicted octanol–water partition coefficient (Wildman–Crippen LogP) is 2.46. The van der Waals surface area contributed by atoms with Crippen molar-refractivity contribution in [1.82, 2.24) is 10.6 Å². The normalized spacial score (nSPS) is 12.3. The highest BCUT2D eigenvalue weighted by molar-refractivity contribution is 9.10. The van der Waals surface area contributed by atoms with E-state index in [2.05, 4.69) is 40.4 Å². The van der Waals surface area contributed by atoms with Crippen molar-refractivity contribution in [3.63, 3.8) is 0 Å². The summed E-state index contributed by atoms with van der Waals surface area (Å²) in [6.45, 7) is 6.62. The van der Waals surface area contributed by atoms with E-state index in [4.69, 9.17) is 4.74 Å². The summed E-state index contributed by atoms with van der Waals surface area (Å²) in [4.78, 5) is 11.5. The number of carbonyl (C=O) groups excluding carboxylic acids is 1. The zero-order chi connectivity index (χ0) is 14.4. The molecule has 1 unspecified atom stereocenters. The molecule has 0 saturated heterocycles. The summed E-state index contributed by atoms with van der Waals surface area (Å²) < 4.78 is 6.71. The van der Waals surface area contributed by atoms with Gasteiger partial charge in [0.2, 0.25) is 0 Å². The van der Waals surface area contributed by atoms with Gasteiger partial charge >= 0.3 is 0 Å². The van der Waals surface area contributed by atoms with Crippen molar-refractivity contribution in [3.05, 3.63) is 28.2 Å². The van der Waals surface area contributed by atoms with E-state index in [9.17, 15) is 4.79 Å². The van der Waals surface area contributed by atoms with E-state index in [0.717, 1.165) is 15.8 Å². The molecule has 0 fully saturated rings. The number of hydrogen-bond donors (Lipinski definition) is 2. The molecule has 0 spiro atoms. The molecule has 106 valence electrons. The van der Waals surface area contributed by atoms with Gasteiger partial charge in [-0.3, -0.25) is 4.79 Å². The monoisotopic (exact) mass is 328 g/mol. The molecule has 0 bridgehead atoms. The first-order chi connectivity index (χ1) is 8.93. The lowest BCUT2D eigenvalue weighted by Gasteiger charge is -2.17. The van der Waals surface area contributed by atoms with Gasteiger partial charge < -0.3 is 15.4 Å². The minimum Gasteiger partial charge on any atom is -0.481 e. The molecule has 0 aliphatic heterocycles. The fourth-order valence-corrected chi connectivity index (χ4v) is 1.97. The Morgan fingerprint density at radius 2 is 2.05 bits per heavy atom. The minimum atomic E-state index is -0.510. The zero-order valence-corrected chi connectivity index (χ0v) is 13.4. The third-order valence-electron chi connectivity index (χ3n) is 2.64. The fraction of sp³-hybridized carbons (Fsp3) is 0.500. The summed E-state index contributed by atoms with van der Waals surface area (Å²) >= 11 is 3.45. The molecule has 0 saturated carbocycles. The number of likely N-dealkylation sites (N-methyl/N-ethyl adjacent to an activating group) is 1. The molecule has 5 heteroatoms. The van der Waals surface area contributed by atoms with Gasteiger partial charge in [0, 0.05) is 29.7 Å². The Bertz CT molecular complexity index is 435. The molecule has 1 atom stereocenters. The van der Waals surface area contributed by atoms with Crippen LogP contribution in [0.5, 0.6) is 5.75 Å². The zero-order valence-electron chi connectivity index (χ0n) is 11.8. The van der Waals surface area contributed by atoms with Crippen LogP contribution in [0, 0.1) is 0 Å². The Labute approximate surface area is 123 Å². The number of benzene rings is 1. The van der Waals surface area contributed by atoms with Crippen molar-refractivity contribution in [2.45, 2.75) is 39.5 Å². The van der Waals surface area contributed by atoms with Crippen LogP contribution in [0.15, 0.2) is 22.7 Å². The Hall–Kier alpha value is -1.07.